The summed E-state index contributed by atoms with van der Waals surface area (Å²) < 4.78 is 0. The van der Waals surface area contributed by atoms with Crippen LogP contribution >= 0.6 is 36.7 Å². The Morgan fingerprint density at radius 3 is 0.750 bits per heavy atom. The molecule has 16 heavy (non-hydrogen) atoms. The van der Waals surface area contributed by atoms with Gasteiger partial charge in [-0.15, -0.1) is 0 Å². The Morgan fingerprint density at radius 1 is 0.688 bits per heavy atom. The van der Waals surface area contributed by atoms with Crippen molar-refractivity contribution in [2.75, 3.05) is 0 Å². The fourth-order valence-electron chi connectivity index (χ4n) is 0. The van der Waals surface area contributed by atoms with Crippen LogP contribution < -0.4 is 33.5 Å². The van der Waals surface area contributed by atoms with E-state index in [1.54, 1.807) is 16.3 Å². The van der Waals surface area contributed by atoms with Crippen molar-refractivity contribution in [1.29, 1.82) is 0 Å². The van der Waals surface area contributed by atoms with Crippen LogP contribution in [-0.4, -0.2) is 15.3 Å². The first-order valence-corrected chi connectivity index (χ1v) is 4.20. The fourth-order valence-corrected chi connectivity index (χ4v) is 0. The van der Waals surface area contributed by atoms with E-state index in [9.17, 15) is 0 Å². The monoisotopic (exact) mass is 329 g/mol. The van der Waals surface area contributed by atoms with E-state index in [4.69, 9.17) is 34.7 Å². The van der Waals surface area contributed by atoms with E-state index in [-0.39, 0.29) is 32.1 Å². The zero-order chi connectivity index (χ0) is 12.9. The third-order valence-electron chi connectivity index (χ3n) is 0.370. The first-order chi connectivity index (χ1) is 6.81. The fraction of sp³-hybridized carbons (Fsp3) is 0. The molecular weight excluding hydrogens is 317 g/mol. The third-order valence-corrected chi connectivity index (χ3v) is 0.676. The van der Waals surface area contributed by atoms with E-state index in [2.05, 4.69) is 36.7 Å². The second-order valence-corrected chi connectivity index (χ2v) is 2.79. The normalized spacial score (nSPS) is 6.19. The largest absolute Gasteiger partial charge is 3.00 e. The van der Waals surface area contributed by atoms with Gasteiger partial charge >= 0.3 is 16.8 Å². The Bertz CT molecular complexity index is 165. The van der Waals surface area contributed by atoms with Gasteiger partial charge < -0.3 is 51.0 Å². The molecule has 0 unspecified atom stereocenters. The topological polar surface area (TPSA) is 186 Å². The molecule has 0 saturated carbocycles. The average Bonchev–Trinajstić information content (AvgIpc) is 2.19. The van der Waals surface area contributed by atoms with Crippen molar-refractivity contribution in [2.24, 2.45) is 17.2 Å². The van der Waals surface area contributed by atoms with Gasteiger partial charge in [0.1, 0.15) is 15.3 Å². The van der Waals surface area contributed by atoms with E-state index in [0.717, 1.165) is 0 Å². The van der Waals surface area contributed by atoms with Gasteiger partial charge in [0.2, 0.25) is 0 Å². The Balaban J connectivity index is -0.0000000655. The number of rotatable bonds is 0. The van der Waals surface area contributed by atoms with Crippen LogP contribution in [0.5, 0.6) is 0 Å². The predicted molar refractivity (Wildman–Crippen MR) is 72.7 cm³/mol. The van der Waals surface area contributed by atoms with Gasteiger partial charge in [-0.25, -0.2) is 0 Å². The van der Waals surface area contributed by atoms with E-state index in [1.807, 2.05) is 0 Å². The van der Waals surface area contributed by atoms with Crippen LogP contribution in [0, 0.1) is 0 Å². The van der Waals surface area contributed by atoms with Gasteiger partial charge in [0.15, 0.2) is 0 Å². The van der Waals surface area contributed by atoms with Crippen LogP contribution in [0.3, 0.4) is 0 Å². The van der Waals surface area contributed by atoms with Crippen molar-refractivity contribution in [2.45, 2.75) is 0 Å². The van der Waals surface area contributed by atoms with Crippen molar-refractivity contribution in [3.8, 4) is 0 Å². The quantitative estimate of drug-likeness (QED) is 0.248. The summed E-state index contributed by atoms with van der Waals surface area (Å²) in [5, 5.41) is 0.0139. The van der Waals surface area contributed by atoms with Crippen molar-refractivity contribution in [1.82, 2.24) is 16.3 Å². The third kappa shape index (κ3) is 70.1. The molecule has 12 N–H and O–H groups in total. The minimum Gasteiger partial charge on any atom is -0.584 e. The molecule has 0 aromatic carbocycles. The summed E-state index contributed by atoms with van der Waals surface area (Å²) in [5.41, 5.74) is 19.5. The first kappa shape index (κ1) is 24.6. The molecule has 0 bridgehead atoms. The molecule has 9 nitrogen and oxygen atoms in total. The molecule has 0 aliphatic rings. The van der Waals surface area contributed by atoms with Gasteiger partial charge in [-0.1, -0.05) is 0 Å². The Morgan fingerprint density at radius 2 is 0.750 bits per heavy atom. The number of nitrogens with one attached hydrogen (secondary N) is 6. The number of hydrogen-bond acceptors (Lipinski definition) is 3. The number of hydrogen-bond donors (Lipinski definition) is 6. The smallest absolute Gasteiger partial charge is 0.584 e. The van der Waals surface area contributed by atoms with Gasteiger partial charge in [0.25, 0.3) is 0 Å². The van der Waals surface area contributed by atoms with Gasteiger partial charge in [-0.05, 0) is 36.7 Å². The van der Waals surface area contributed by atoms with Crippen molar-refractivity contribution in [3.63, 3.8) is 0 Å². The second-order valence-electron chi connectivity index (χ2n) is 1.47. The Hall–Kier alpha value is -0.544. The molecule has 0 spiro atoms. The molecule has 0 radical (unpaired) electrons. The second kappa shape index (κ2) is 19.9. The van der Waals surface area contributed by atoms with Gasteiger partial charge in [-0.3, -0.25) is 0 Å². The maximum Gasteiger partial charge on any atom is 3.00 e. The molecule has 0 atom stereocenters. The standard InChI is InChI=1S/3CH4N3S.Co/c3*2-1(5)4-3;/h3*3H,(H3,2,4,5);/q3*-1;+3. The predicted octanol–water partition coefficient (Wildman–Crippen LogP) is -0.642. The number of nitrogens with two attached hydrogens (primary N) is 3. The molecular formula is C3H12CoN9S3. The summed E-state index contributed by atoms with van der Waals surface area (Å²) in [5.74, 6) is 18.4. The summed E-state index contributed by atoms with van der Waals surface area (Å²) in [6, 6.07) is 0. The van der Waals surface area contributed by atoms with Gasteiger partial charge in [0.05, 0.1) is 0 Å². The summed E-state index contributed by atoms with van der Waals surface area (Å²) in [6.45, 7) is 0. The van der Waals surface area contributed by atoms with Crippen LogP contribution in [-0.2, 0) is 16.8 Å². The molecule has 0 aromatic rings. The molecule has 0 rings (SSSR count). The van der Waals surface area contributed by atoms with Crippen molar-refractivity contribution >= 4 is 52.0 Å². The minimum absolute atomic E-state index is 0. The van der Waals surface area contributed by atoms with Crippen LogP contribution in [0.4, 0.5) is 0 Å². The van der Waals surface area contributed by atoms with Gasteiger partial charge in [-0.2, -0.15) is 0 Å². The zero-order valence-electron chi connectivity index (χ0n) is 7.79. The van der Waals surface area contributed by atoms with Crippen molar-refractivity contribution in [3.05, 3.63) is 17.5 Å². The summed E-state index contributed by atoms with van der Waals surface area (Å²) in [7, 11) is 0. The molecule has 0 aliphatic heterocycles. The average molecular weight is 329 g/mol. The molecule has 0 aliphatic carbocycles. The van der Waals surface area contributed by atoms with E-state index >= 15 is 0 Å². The number of thiocarbonyl (C=S) groups is 3. The summed E-state index contributed by atoms with van der Waals surface area (Å²) in [4.78, 5) is 0. The van der Waals surface area contributed by atoms with Crippen LogP contribution in [0.25, 0.3) is 17.5 Å². The minimum atomic E-state index is 0. The maximum atomic E-state index is 6.14. The molecule has 0 saturated heterocycles. The summed E-state index contributed by atoms with van der Waals surface area (Å²) >= 11 is 12.5. The molecule has 0 amide bonds. The Kier molecular flexibility index (Phi) is 30.7. The molecule has 0 heterocycles. The zero-order valence-corrected chi connectivity index (χ0v) is 11.3. The molecule has 13 heteroatoms. The van der Waals surface area contributed by atoms with Crippen LogP contribution in [0.15, 0.2) is 0 Å². The van der Waals surface area contributed by atoms with E-state index in [0.29, 0.717) is 0 Å². The van der Waals surface area contributed by atoms with Crippen LogP contribution in [0.1, 0.15) is 0 Å². The van der Waals surface area contributed by atoms with Crippen molar-refractivity contribution < 1.29 is 16.8 Å². The Labute approximate surface area is 119 Å². The molecule has 0 fully saturated rings. The maximum absolute atomic E-state index is 6.14. The van der Waals surface area contributed by atoms with E-state index < -0.39 is 0 Å². The summed E-state index contributed by atoms with van der Waals surface area (Å²) in [6.07, 6.45) is 0. The van der Waals surface area contributed by atoms with Crippen LogP contribution in [0.2, 0.25) is 0 Å². The SMILES string of the molecule is [Co+3].[NH-]NC(N)=S.[NH-]NC(N)=S.[NH-]NC(N)=S. The molecule has 0 aromatic heterocycles. The first-order valence-electron chi connectivity index (χ1n) is 2.98. The van der Waals surface area contributed by atoms with E-state index in [1.165, 1.54) is 0 Å². The molecule has 96 valence electrons. The van der Waals surface area contributed by atoms with Gasteiger partial charge in [0, 0.05) is 0 Å².